The van der Waals surface area contributed by atoms with E-state index in [1.54, 1.807) is 0 Å². The van der Waals surface area contributed by atoms with Crippen LogP contribution in [-0.2, 0) is 11.8 Å². The van der Waals surface area contributed by atoms with Crippen LogP contribution in [0.3, 0.4) is 0 Å². The van der Waals surface area contributed by atoms with Crippen molar-refractivity contribution in [1.29, 1.82) is 0 Å². The molecule has 0 atom stereocenters. The Morgan fingerprint density at radius 3 is 2.53 bits per heavy atom. The largest absolute Gasteiger partial charge is 0.382 e. The molecule has 0 amide bonds. The minimum Gasteiger partial charge on any atom is -0.382 e. The molecule has 0 radical (unpaired) electrons. The van der Waals surface area contributed by atoms with E-state index >= 15 is 0 Å². The number of aromatic amines is 1. The molecule has 0 spiro atoms. The summed E-state index contributed by atoms with van der Waals surface area (Å²) in [5.41, 5.74) is 8.88. The Hall–Kier alpha value is -0.990. The van der Waals surface area contributed by atoms with E-state index in [9.17, 15) is 0 Å². The number of hydrogen-bond acceptors (Lipinski definition) is 2. The molecule has 3 nitrogen and oxygen atoms in total. The molecule has 3 heteroatoms. The summed E-state index contributed by atoms with van der Waals surface area (Å²) in [7, 11) is 0. The van der Waals surface area contributed by atoms with Crippen molar-refractivity contribution in [3.8, 4) is 0 Å². The van der Waals surface area contributed by atoms with Crippen LogP contribution in [0.2, 0.25) is 0 Å². The summed E-state index contributed by atoms with van der Waals surface area (Å²) in [6.45, 7) is 6.79. The van der Waals surface area contributed by atoms with Gasteiger partial charge in [-0.2, -0.15) is 5.10 Å². The highest BCUT2D eigenvalue weighted by atomic mass is 15.2. The van der Waals surface area contributed by atoms with Gasteiger partial charge in [0.25, 0.3) is 0 Å². The summed E-state index contributed by atoms with van der Waals surface area (Å²) in [6.07, 6.45) is 7.50. The van der Waals surface area contributed by atoms with Crippen LogP contribution >= 0.6 is 0 Å². The monoisotopic (exact) mass is 235 g/mol. The number of nitrogens with two attached hydrogens (primary N) is 1. The molecular formula is C14H25N3. The lowest BCUT2D eigenvalue weighted by atomic mass is 9.74. The molecule has 0 unspecified atom stereocenters. The number of anilines is 1. The first-order valence-corrected chi connectivity index (χ1v) is 6.92. The van der Waals surface area contributed by atoms with Crippen LogP contribution in [0.1, 0.15) is 64.1 Å². The number of nitrogens with zero attached hydrogens (tertiary/aromatic N) is 1. The molecule has 0 bridgehead atoms. The van der Waals surface area contributed by atoms with Gasteiger partial charge in [-0.3, -0.25) is 5.10 Å². The van der Waals surface area contributed by atoms with Crippen molar-refractivity contribution < 1.29 is 0 Å². The maximum absolute atomic E-state index is 5.97. The zero-order chi connectivity index (χ0) is 12.5. The Kier molecular flexibility index (Phi) is 3.45. The third-order valence-electron chi connectivity index (χ3n) is 4.14. The minimum atomic E-state index is 0.324. The van der Waals surface area contributed by atoms with Crippen molar-refractivity contribution in [3.63, 3.8) is 0 Å². The van der Waals surface area contributed by atoms with Crippen LogP contribution in [0, 0.1) is 5.92 Å². The van der Waals surface area contributed by atoms with Crippen molar-refractivity contribution >= 4 is 5.82 Å². The number of rotatable bonds is 4. The zero-order valence-electron chi connectivity index (χ0n) is 11.3. The summed E-state index contributed by atoms with van der Waals surface area (Å²) in [6, 6.07) is 0. The molecule has 1 heterocycles. The normalized spacial score (nSPS) is 19.1. The van der Waals surface area contributed by atoms with Gasteiger partial charge in [0.2, 0.25) is 0 Å². The summed E-state index contributed by atoms with van der Waals surface area (Å²) in [5.74, 6) is 1.43. The first-order valence-electron chi connectivity index (χ1n) is 6.92. The fourth-order valence-electron chi connectivity index (χ4n) is 3.57. The lowest BCUT2D eigenvalue weighted by Gasteiger charge is -2.31. The van der Waals surface area contributed by atoms with Crippen LogP contribution in [-0.4, -0.2) is 10.2 Å². The quantitative estimate of drug-likeness (QED) is 0.840. The third kappa shape index (κ3) is 2.20. The standard InChI is InChI=1S/C14H25N3/c1-4-11-12(16-17-13(11)15)14(9-10(2)3)7-5-6-8-14/h10H,4-9H2,1-3H3,(H3,15,16,17). The molecule has 1 aromatic heterocycles. The first-order chi connectivity index (χ1) is 8.09. The number of nitrogen functional groups attached to an aromatic ring is 1. The van der Waals surface area contributed by atoms with E-state index in [1.165, 1.54) is 43.4 Å². The second-order valence-electron chi connectivity index (χ2n) is 5.90. The molecule has 0 aliphatic heterocycles. The van der Waals surface area contributed by atoms with Gasteiger partial charge in [-0.25, -0.2) is 0 Å². The first kappa shape index (κ1) is 12.5. The van der Waals surface area contributed by atoms with Gasteiger partial charge in [-0.05, 0) is 31.6 Å². The minimum absolute atomic E-state index is 0.324. The Morgan fingerprint density at radius 2 is 2.00 bits per heavy atom. The number of hydrogen-bond donors (Lipinski definition) is 2. The van der Waals surface area contributed by atoms with Gasteiger partial charge in [0.05, 0.1) is 0 Å². The molecule has 0 saturated heterocycles. The molecule has 1 saturated carbocycles. The van der Waals surface area contributed by atoms with Crippen LogP contribution in [0.15, 0.2) is 0 Å². The lowest BCUT2D eigenvalue weighted by molar-refractivity contribution is 0.336. The Bertz CT molecular complexity index is 373. The van der Waals surface area contributed by atoms with Crippen molar-refractivity contribution in [1.82, 2.24) is 10.2 Å². The molecular weight excluding hydrogens is 210 g/mol. The molecule has 17 heavy (non-hydrogen) atoms. The predicted octanol–water partition coefficient (Wildman–Crippen LogP) is 3.41. The summed E-state index contributed by atoms with van der Waals surface area (Å²) < 4.78 is 0. The highest BCUT2D eigenvalue weighted by molar-refractivity contribution is 5.45. The van der Waals surface area contributed by atoms with Gasteiger partial charge in [0.1, 0.15) is 5.82 Å². The Labute approximate surface area is 104 Å². The molecule has 96 valence electrons. The van der Waals surface area contributed by atoms with Gasteiger partial charge in [-0.15, -0.1) is 0 Å². The fourth-order valence-corrected chi connectivity index (χ4v) is 3.57. The van der Waals surface area contributed by atoms with Gasteiger partial charge < -0.3 is 5.73 Å². The topological polar surface area (TPSA) is 54.7 Å². The average Bonchev–Trinajstić information content (AvgIpc) is 2.84. The van der Waals surface area contributed by atoms with Crippen LogP contribution in [0.25, 0.3) is 0 Å². The van der Waals surface area contributed by atoms with E-state index in [0.29, 0.717) is 11.2 Å². The van der Waals surface area contributed by atoms with Crippen molar-refractivity contribution in [3.05, 3.63) is 11.3 Å². The molecule has 1 aliphatic carbocycles. The highest BCUT2D eigenvalue weighted by Gasteiger charge is 2.39. The number of nitrogens with one attached hydrogen (secondary N) is 1. The maximum Gasteiger partial charge on any atom is 0.148 e. The molecule has 1 aliphatic rings. The lowest BCUT2D eigenvalue weighted by Crippen LogP contribution is -2.26. The van der Waals surface area contributed by atoms with Gasteiger partial charge >= 0.3 is 0 Å². The van der Waals surface area contributed by atoms with Crippen molar-refractivity contribution in [2.45, 2.75) is 64.7 Å². The van der Waals surface area contributed by atoms with Crippen LogP contribution < -0.4 is 5.73 Å². The summed E-state index contributed by atoms with van der Waals surface area (Å²) in [5, 5.41) is 7.48. The Balaban J connectivity index is 2.38. The van der Waals surface area contributed by atoms with Gasteiger partial charge in [0.15, 0.2) is 0 Å². The second kappa shape index (κ2) is 4.71. The second-order valence-corrected chi connectivity index (χ2v) is 5.90. The van der Waals surface area contributed by atoms with E-state index in [0.717, 1.165) is 12.3 Å². The predicted molar refractivity (Wildman–Crippen MR) is 72.0 cm³/mol. The molecule has 1 aromatic rings. The molecule has 3 N–H and O–H groups in total. The van der Waals surface area contributed by atoms with E-state index in [1.807, 2.05) is 0 Å². The number of aromatic nitrogens is 2. The number of H-pyrrole nitrogens is 1. The van der Waals surface area contributed by atoms with E-state index in [2.05, 4.69) is 31.0 Å². The van der Waals surface area contributed by atoms with Crippen molar-refractivity contribution in [2.24, 2.45) is 5.92 Å². The molecule has 2 rings (SSSR count). The average molecular weight is 235 g/mol. The molecule has 0 aromatic carbocycles. The van der Waals surface area contributed by atoms with E-state index in [-0.39, 0.29) is 0 Å². The van der Waals surface area contributed by atoms with Crippen LogP contribution in [0.5, 0.6) is 0 Å². The summed E-state index contributed by atoms with van der Waals surface area (Å²) in [4.78, 5) is 0. The SMILES string of the molecule is CCc1c(N)n[nH]c1C1(CC(C)C)CCCC1. The van der Waals surface area contributed by atoms with Gasteiger partial charge in [0, 0.05) is 16.7 Å². The van der Waals surface area contributed by atoms with Crippen LogP contribution in [0.4, 0.5) is 5.82 Å². The highest BCUT2D eigenvalue weighted by Crippen LogP contribution is 2.46. The Morgan fingerprint density at radius 1 is 1.35 bits per heavy atom. The summed E-state index contributed by atoms with van der Waals surface area (Å²) >= 11 is 0. The van der Waals surface area contributed by atoms with Gasteiger partial charge in [-0.1, -0.05) is 33.6 Å². The molecule has 1 fully saturated rings. The zero-order valence-corrected chi connectivity index (χ0v) is 11.3. The maximum atomic E-state index is 5.97. The smallest absolute Gasteiger partial charge is 0.148 e. The van der Waals surface area contributed by atoms with Crippen molar-refractivity contribution in [2.75, 3.05) is 5.73 Å². The third-order valence-corrected chi connectivity index (χ3v) is 4.14. The van der Waals surface area contributed by atoms with E-state index < -0.39 is 0 Å². The fraction of sp³-hybridized carbons (Fsp3) is 0.786. The van der Waals surface area contributed by atoms with E-state index in [4.69, 9.17) is 5.73 Å².